The maximum atomic E-state index is 11.9. The molecule has 144 valence electrons. The van der Waals surface area contributed by atoms with Crippen molar-refractivity contribution in [3.05, 3.63) is 53.0 Å². The van der Waals surface area contributed by atoms with Gasteiger partial charge in [0.05, 0.1) is 0 Å². The van der Waals surface area contributed by atoms with E-state index in [-0.39, 0.29) is 13.2 Å². The van der Waals surface area contributed by atoms with Gasteiger partial charge in [0.25, 0.3) is 5.91 Å². The van der Waals surface area contributed by atoms with Gasteiger partial charge in [0, 0.05) is 28.9 Å². The number of anilines is 2. The molecule has 1 N–H and O–H groups in total. The number of hydrogen-bond acceptors (Lipinski definition) is 5. The fourth-order valence-corrected chi connectivity index (χ4v) is 2.81. The van der Waals surface area contributed by atoms with Gasteiger partial charge >= 0.3 is 5.97 Å². The normalized spacial score (nSPS) is 10.2. The van der Waals surface area contributed by atoms with E-state index in [1.165, 1.54) is 0 Å². The SMILES string of the molecule is CCN(CC)c1ccc(NC(=O)COC(=O)COc2cccc(Br)c2)cc1. The van der Waals surface area contributed by atoms with Crippen LogP contribution in [0.5, 0.6) is 5.75 Å². The molecule has 0 aliphatic carbocycles. The first kappa shape index (κ1) is 20.8. The average molecular weight is 435 g/mol. The van der Waals surface area contributed by atoms with Crippen molar-refractivity contribution < 1.29 is 19.1 Å². The average Bonchev–Trinajstić information content (AvgIpc) is 2.67. The second-order valence-corrected chi connectivity index (χ2v) is 6.59. The Hall–Kier alpha value is -2.54. The molecule has 0 bridgehead atoms. The zero-order valence-electron chi connectivity index (χ0n) is 15.4. The molecule has 0 aromatic heterocycles. The first-order valence-electron chi connectivity index (χ1n) is 8.70. The molecule has 2 rings (SSSR count). The molecule has 0 atom stereocenters. The van der Waals surface area contributed by atoms with Crippen LogP contribution < -0.4 is 15.0 Å². The molecule has 0 aliphatic heterocycles. The minimum atomic E-state index is -0.609. The second kappa shape index (κ2) is 10.6. The van der Waals surface area contributed by atoms with E-state index >= 15 is 0 Å². The summed E-state index contributed by atoms with van der Waals surface area (Å²) in [5.74, 6) is -0.470. The smallest absolute Gasteiger partial charge is 0.344 e. The van der Waals surface area contributed by atoms with Crippen molar-refractivity contribution in [1.29, 1.82) is 0 Å². The van der Waals surface area contributed by atoms with Crippen molar-refractivity contribution >= 4 is 39.2 Å². The quantitative estimate of drug-likeness (QED) is 0.606. The number of hydrogen-bond donors (Lipinski definition) is 1. The van der Waals surface area contributed by atoms with Gasteiger partial charge in [0.1, 0.15) is 5.75 Å². The minimum absolute atomic E-state index is 0.262. The summed E-state index contributed by atoms with van der Waals surface area (Å²) in [4.78, 5) is 25.8. The fourth-order valence-electron chi connectivity index (χ4n) is 2.43. The lowest BCUT2D eigenvalue weighted by Crippen LogP contribution is -2.24. The van der Waals surface area contributed by atoms with Crippen LogP contribution in [-0.2, 0) is 14.3 Å². The van der Waals surface area contributed by atoms with Crippen LogP contribution in [0.4, 0.5) is 11.4 Å². The highest BCUT2D eigenvalue weighted by Gasteiger charge is 2.09. The van der Waals surface area contributed by atoms with Crippen molar-refractivity contribution in [3.63, 3.8) is 0 Å². The van der Waals surface area contributed by atoms with Gasteiger partial charge in [-0.2, -0.15) is 0 Å². The highest BCUT2D eigenvalue weighted by Crippen LogP contribution is 2.18. The zero-order valence-corrected chi connectivity index (χ0v) is 17.0. The molecule has 0 spiro atoms. The maximum Gasteiger partial charge on any atom is 0.344 e. The van der Waals surface area contributed by atoms with Crippen LogP contribution in [-0.4, -0.2) is 38.2 Å². The third-order valence-electron chi connectivity index (χ3n) is 3.80. The minimum Gasteiger partial charge on any atom is -0.482 e. The Morgan fingerprint density at radius 2 is 1.74 bits per heavy atom. The summed E-state index contributed by atoms with van der Waals surface area (Å²) in [6.45, 7) is 5.39. The number of carbonyl (C=O) groups excluding carboxylic acids is 2. The molecule has 0 heterocycles. The van der Waals surface area contributed by atoms with Crippen molar-refractivity contribution in [2.75, 3.05) is 36.5 Å². The van der Waals surface area contributed by atoms with E-state index in [2.05, 4.69) is 40.0 Å². The van der Waals surface area contributed by atoms with E-state index in [1.54, 1.807) is 18.2 Å². The summed E-state index contributed by atoms with van der Waals surface area (Å²) in [6, 6.07) is 14.6. The van der Waals surface area contributed by atoms with Gasteiger partial charge in [-0.25, -0.2) is 4.79 Å². The zero-order chi connectivity index (χ0) is 19.6. The molecule has 0 aliphatic rings. The molecular formula is C20H23BrN2O4. The van der Waals surface area contributed by atoms with Crippen LogP contribution in [0.1, 0.15) is 13.8 Å². The molecule has 0 fully saturated rings. The number of amides is 1. The van der Waals surface area contributed by atoms with Crippen LogP contribution in [0.3, 0.4) is 0 Å². The number of halogens is 1. The summed E-state index contributed by atoms with van der Waals surface area (Å²) in [6.07, 6.45) is 0. The molecule has 27 heavy (non-hydrogen) atoms. The number of esters is 1. The summed E-state index contributed by atoms with van der Waals surface area (Å²) in [5, 5.41) is 2.70. The number of rotatable bonds is 9. The van der Waals surface area contributed by atoms with E-state index in [9.17, 15) is 9.59 Å². The highest BCUT2D eigenvalue weighted by molar-refractivity contribution is 9.10. The molecule has 2 aromatic rings. The summed E-state index contributed by atoms with van der Waals surface area (Å²) in [5.41, 5.74) is 1.74. The van der Waals surface area contributed by atoms with Gasteiger partial charge < -0.3 is 19.7 Å². The van der Waals surface area contributed by atoms with E-state index in [0.29, 0.717) is 11.4 Å². The molecule has 0 unspecified atom stereocenters. The molecule has 7 heteroatoms. The Morgan fingerprint density at radius 3 is 2.37 bits per heavy atom. The second-order valence-electron chi connectivity index (χ2n) is 5.67. The third-order valence-corrected chi connectivity index (χ3v) is 4.29. The number of benzene rings is 2. The Balaban J connectivity index is 1.74. The fraction of sp³-hybridized carbons (Fsp3) is 0.300. The largest absolute Gasteiger partial charge is 0.482 e. The molecule has 1 amide bonds. The third kappa shape index (κ3) is 6.94. The Morgan fingerprint density at radius 1 is 1.04 bits per heavy atom. The number of nitrogens with zero attached hydrogens (tertiary/aromatic N) is 1. The molecule has 2 aromatic carbocycles. The van der Waals surface area contributed by atoms with Gasteiger partial charge in [0.2, 0.25) is 0 Å². The molecule has 0 saturated carbocycles. The van der Waals surface area contributed by atoms with E-state index in [4.69, 9.17) is 9.47 Å². The number of ether oxygens (including phenoxy) is 2. The highest BCUT2D eigenvalue weighted by atomic mass is 79.9. The number of carbonyl (C=O) groups is 2. The maximum absolute atomic E-state index is 11.9. The van der Waals surface area contributed by atoms with Gasteiger partial charge in [-0.3, -0.25) is 4.79 Å². The van der Waals surface area contributed by atoms with Crippen molar-refractivity contribution in [2.24, 2.45) is 0 Å². The summed E-state index contributed by atoms with van der Waals surface area (Å²) in [7, 11) is 0. The Kier molecular flexibility index (Phi) is 8.13. The van der Waals surface area contributed by atoms with Gasteiger partial charge in [-0.05, 0) is 56.3 Å². The van der Waals surface area contributed by atoms with Crippen molar-refractivity contribution in [3.8, 4) is 5.75 Å². The van der Waals surface area contributed by atoms with Crippen molar-refractivity contribution in [1.82, 2.24) is 0 Å². The molecular weight excluding hydrogens is 412 g/mol. The lowest BCUT2D eigenvalue weighted by molar-refractivity contribution is -0.149. The van der Waals surface area contributed by atoms with Crippen LogP contribution in [0.25, 0.3) is 0 Å². The van der Waals surface area contributed by atoms with E-state index < -0.39 is 11.9 Å². The van der Waals surface area contributed by atoms with Gasteiger partial charge in [0.15, 0.2) is 13.2 Å². The standard InChI is InChI=1S/C20H23BrN2O4/c1-3-23(4-2)17-10-8-16(9-11-17)22-19(24)13-27-20(25)14-26-18-7-5-6-15(21)12-18/h5-12H,3-4,13-14H2,1-2H3,(H,22,24). The van der Waals surface area contributed by atoms with Crippen LogP contribution in [0.15, 0.2) is 53.0 Å². The van der Waals surface area contributed by atoms with E-state index in [0.717, 1.165) is 23.2 Å². The predicted octanol–water partition coefficient (Wildman–Crippen LogP) is 3.86. The number of nitrogens with one attached hydrogen (secondary N) is 1. The van der Waals surface area contributed by atoms with Crippen LogP contribution in [0, 0.1) is 0 Å². The lowest BCUT2D eigenvalue weighted by Gasteiger charge is -2.21. The van der Waals surface area contributed by atoms with Crippen molar-refractivity contribution in [2.45, 2.75) is 13.8 Å². The summed E-state index contributed by atoms with van der Waals surface area (Å²) < 4.78 is 11.1. The molecule has 0 saturated heterocycles. The Labute approximate surface area is 167 Å². The van der Waals surface area contributed by atoms with Gasteiger partial charge in [-0.1, -0.05) is 22.0 Å². The predicted molar refractivity (Wildman–Crippen MR) is 109 cm³/mol. The summed E-state index contributed by atoms with van der Waals surface area (Å²) >= 11 is 3.32. The topological polar surface area (TPSA) is 67.9 Å². The monoisotopic (exact) mass is 434 g/mol. The van der Waals surface area contributed by atoms with Gasteiger partial charge in [-0.15, -0.1) is 0 Å². The molecule has 6 nitrogen and oxygen atoms in total. The Bertz CT molecular complexity index is 761. The first-order valence-corrected chi connectivity index (χ1v) is 9.50. The lowest BCUT2D eigenvalue weighted by atomic mass is 10.2. The van der Waals surface area contributed by atoms with Crippen LogP contribution >= 0.6 is 15.9 Å². The molecule has 0 radical (unpaired) electrons. The first-order chi connectivity index (χ1) is 13.0. The van der Waals surface area contributed by atoms with E-state index in [1.807, 2.05) is 30.3 Å². The van der Waals surface area contributed by atoms with Crippen LogP contribution in [0.2, 0.25) is 0 Å².